The zero-order valence-electron chi connectivity index (χ0n) is 16.8. The van der Waals surface area contributed by atoms with Crippen molar-refractivity contribution in [1.82, 2.24) is 9.55 Å². The molecule has 0 fully saturated rings. The standard InChI is InChI=1S/C23H17ClFN3O3S/c1-31-20-9-5-4-8-19(20)28-22(30)15-6-2-3-7-17(15)27-23(28)32-13-21(29)26-18-11-10-14(24)12-16(18)25/h2-12H,13H2,1H3,(H,26,29). The molecule has 0 aliphatic heterocycles. The Morgan fingerprint density at radius 1 is 1.16 bits per heavy atom. The molecule has 162 valence electrons. The van der Waals surface area contributed by atoms with Gasteiger partial charge in [0.15, 0.2) is 5.16 Å². The van der Waals surface area contributed by atoms with Crippen LogP contribution in [0.15, 0.2) is 76.7 Å². The first kappa shape index (κ1) is 21.9. The summed E-state index contributed by atoms with van der Waals surface area (Å²) in [4.78, 5) is 30.4. The summed E-state index contributed by atoms with van der Waals surface area (Å²) in [5.74, 6) is -0.695. The van der Waals surface area contributed by atoms with Crippen molar-refractivity contribution in [2.45, 2.75) is 5.16 Å². The van der Waals surface area contributed by atoms with Crippen molar-refractivity contribution in [1.29, 1.82) is 0 Å². The van der Waals surface area contributed by atoms with Crippen molar-refractivity contribution in [2.24, 2.45) is 0 Å². The Morgan fingerprint density at radius 2 is 1.91 bits per heavy atom. The van der Waals surface area contributed by atoms with Gasteiger partial charge in [0.2, 0.25) is 5.91 Å². The van der Waals surface area contributed by atoms with Crippen LogP contribution in [-0.2, 0) is 4.79 Å². The van der Waals surface area contributed by atoms with E-state index in [4.69, 9.17) is 16.3 Å². The second kappa shape index (κ2) is 9.42. The van der Waals surface area contributed by atoms with E-state index in [9.17, 15) is 14.0 Å². The van der Waals surface area contributed by atoms with Crippen LogP contribution in [0.5, 0.6) is 5.75 Å². The lowest BCUT2D eigenvalue weighted by atomic mass is 10.2. The second-order valence-electron chi connectivity index (χ2n) is 6.68. The van der Waals surface area contributed by atoms with Crippen LogP contribution >= 0.6 is 23.4 Å². The normalized spacial score (nSPS) is 10.8. The number of thioether (sulfide) groups is 1. The Balaban J connectivity index is 1.70. The molecule has 0 saturated heterocycles. The fraction of sp³-hybridized carbons (Fsp3) is 0.0870. The van der Waals surface area contributed by atoms with E-state index in [-0.39, 0.29) is 22.0 Å². The molecule has 0 bridgehead atoms. The highest BCUT2D eigenvalue weighted by Gasteiger charge is 2.17. The summed E-state index contributed by atoms with van der Waals surface area (Å²) in [6.45, 7) is 0. The molecule has 0 saturated carbocycles. The molecule has 9 heteroatoms. The van der Waals surface area contributed by atoms with E-state index in [1.807, 2.05) is 0 Å². The fourth-order valence-electron chi connectivity index (χ4n) is 3.14. The van der Waals surface area contributed by atoms with Crippen LogP contribution in [0.2, 0.25) is 5.02 Å². The number of amides is 1. The van der Waals surface area contributed by atoms with Crippen molar-refractivity contribution in [3.05, 3.63) is 87.9 Å². The number of nitrogens with one attached hydrogen (secondary N) is 1. The van der Waals surface area contributed by atoms with Crippen LogP contribution in [0.25, 0.3) is 16.6 Å². The number of methoxy groups -OCH3 is 1. The molecular weight excluding hydrogens is 453 g/mol. The van der Waals surface area contributed by atoms with Crippen LogP contribution in [0, 0.1) is 5.82 Å². The molecule has 4 aromatic rings. The molecular formula is C23H17ClFN3O3S. The van der Waals surface area contributed by atoms with Crippen LogP contribution < -0.4 is 15.6 Å². The molecule has 4 rings (SSSR count). The van der Waals surface area contributed by atoms with Crippen LogP contribution in [0.1, 0.15) is 0 Å². The van der Waals surface area contributed by atoms with E-state index in [0.717, 1.165) is 17.8 Å². The van der Waals surface area contributed by atoms with Gasteiger partial charge in [-0.05, 0) is 42.5 Å². The minimum atomic E-state index is -0.634. The highest BCUT2D eigenvalue weighted by molar-refractivity contribution is 7.99. The first-order valence-electron chi connectivity index (χ1n) is 9.51. The highest BCUT2D eigenvalue weighted by atomic mass is 35.5. The van der Waals surface area contributed by atoms with Gasteiger partial charge in [0, 0.05) is 5.02 Å². The number of para-hydroxylation sites is 3. The number of benzene rings is 3. The summed E-state index contributed by atoms with van der Waals surface area (Å²) in [6.07, 6.45) is 0. The van der Waals surface area contributed by atoms with Gasteiger partial charge in [-0.3, -0.25) is 14.2 Å². The van der Waals surface area contributed by atoms with Gasteiger partial charge >= 0.3 is 0 Å². The van der Waals surface area contributed by atoms with E-state index < -0.39 is 11.7 Å². The number of fused-ring (bicyclic) bond motifs is 1. The molecule has 1 amide bonds. The maximum atomic E-state index is 14.0. The average molecular weight is 470 g/mol. The third-order valence-corrected chi connectivity index (χ3v) is 5.78. The summed E-state index contributed by atoms with van der Waals surface area (Å²) < 4.78 is 20.8. The van der Waals surface area contributed by atoms with E-state index in [1.165, 1.54) is 23.8 Å². The Morgan fingerprint density at radius 3 is 2.69 bits per heavy atom. The van der Waals surface area contributed by atoms with Crippen molar-refractivity contribution in [2.75, 3.05) is 18.2 Å². The Bertz CT molecular complexity index is 1380. The molecule has 0 aliphatic rings. The quantitative estimate of drug-likeness (QED) is 0.320. The lowest BCUT2D eigenvalue weighted by Crippen LogP contribution is -2.23. The van der Waals surface area contributed by atoms with E-state index in [2.05, 4.69) is 10.3 Å². The van der Waals surface area contributed by atoms with Crippen molar-refractivity contribution in [3.63, 3.8) is 0 Å². The van der Waals surface area contributed by atoms with Gasteiger partial charge < -0.3 is 10.1 Å². The number of carbonyl (C=O) groups excluding carboxylic acids is 1. The van der Waals surface area contributed by atoms with E-state index in [0.29, 0.717) is 27.5 Å². The Labute approximate surface area is 192 Å². The molecule has 0 spiro atoms. The second-order valence-corrected chi connectivity index (χ2v) is 8.06. The van der Waals surface area contributed by atoms with Gasteiger partial charge in [-0.15, -0.1) is 0 Å². The lowest BCUT2D eigenvalue weighted by molar-refractivity contribution is -0.113. The summed E-state index contributed by atoms with van der Waals surface area (Å²) in [5.41, 5.74) is 0.751. The first-order chi connectivity index (χ1) is 15.5. The smallest absolute Gasteiger partial charge is 0.266 e. The maximum Gasteiger partial charge on any atom is 0.266 e. The zero-order chi connectivity index (χ0) is 22.7. The van der Waals surface area contributed by atoms with Gasteiger partial charge in [0.05, 0.1) is 35.1 Å². The van der Waals surface area contributed by atoms with Crippen molar-refractivity contribution in [3.8, 4) is 11.4 Å². The van der Waals surface area contributed by atoms with E-state index >= 15 is 0 Å². The minimum absolute atomic E-state index is 0.0218. The van der Waals surface area contributed by atoms with Crippen LogP contribution in [-0.4, -0.2) is 28.3 Å². The molecule has 1 heterocycles. The molecule has 0 aliphatic carbocycles. The number of nitrogens with zero attached hydrogens (tertiary/aromatic N) is 2. The minimum Gasteiger partial charge on any atom is -0.495 e. The van der Waals surface area contributed by atoms with Gasteiger partial charge in [-0.25, -0.2) is 9.37 Å². The summed E-state index contributed by atoms with van der Waals surface area (Å²) in [6, 6.07) is 18.0. The summed E-state index contributed by atoms with van der Waals surface area (Å²) in [5, 5.41) is 3.49. The molecule has 1 aromatic heterocycles. The molecule has 32 heavy (non-hydrogen) atoms. The number of carbonyl (C=O) groups is 1. The molecule has 1 N–H and O–H groups in total. The number of anilines is 1. The third-order valence-electron chi connectivity index (χ3n) is 4.61. The number of hydrogen-bond donors (Lipinski definition) is 1. The van der Waals surface area contributed by atoms with Gasteiger partial charge in [0.1, 0.15) is 11.6 Å². The predicted molar refractivity (Wildman–Crippen MR) is 125 cm³/mol. The predicted octanol–water partition coefficient (Wildman–Crippen LogP) is 4.92. The lowest BCUT2D eigenvalue weighted by Gasteiger charge is -2.15. The fourth-order valence-corrected chi connectivity index (χ4v) is 4.11. The number of ether oxygens (including phenoxy) is 1. The number of rotatable bonds is 6. The first-order valence-corrected chi connectivity index (χ1v) is 10.9. The maximum absolute atomic E-state index is 14.0. The SMILES string of the molecule is COc1ccccc1-n1c(SCC(=O)Nc2ccc(Cl)cc2F)nc2ccccc2c1=O. The highest BCUT2D eigenvalue weighted by Crippen LogP contribution is 2.27. The number of aromatic nitrogens is 2. The van der Waals surface area contributed by atoms with Crippen LogP contribution in [0.4, 0.5) is 10.1 Å². The monoisotopic (exact) mass is 469 g/mol. The topological polar surface area (TPSA) is 73.2 Å². The Hall–Kier alpha value is -3.36. The van der Waals surface area contributed by atoms with Crippen molar-refractivity contribution >= 4 is 45.9 Å². The summed E-state index contributed by atoms with van der Waals surface area (Å²) in [7, 11) is 1.51. The number of halogens is 2. The van der Waals surface area contributed by atoms with E-state index in [1.54, 1.807) is 48.5 Å². The molecule has 3 aromatic carbocycles. The largest absolute Gasteiger partial charge is 0.495 e. The van der Waals surface area contributed by atoms with Gasteiger partial charge in [0.25, 0.3) is 5.56 Å². The van der Waals surface area contributed by atoms with Gasteiger partial charge in [-0.1, -0.05) is 47.6 Å². The summed E-state index contributed by atoms with van der Waals surface area (Å²) >= 11 is 6.81. The molecule has 0 radical (unpaired) electrons. The Kier molecular flexibility index (Phi) is 6.43. The van der Waals surface area contributed by atoms with Crippen molar-refractivity contribution < 1.29 is 13.9 Å². The third kappa shape index (κ3) is 4.46. The van der Waals surface area contributed by atoms with Gasteiger partial charge in [-0.2, -0.15) is 0 Å². The average Bonchev–Trinajstić information content (AvgIpc) is 2.80. The number of hydrogen-bond acceptors (Lipinski definition) is 5. The zero-order valence-corrected chi connectivity index (χ0v) is 18.4. The van der Waals surface area contributed by atoms with Crippen LogP contribution in [0.3, 0.4) is 0 Å². The molecule has 0 atom stereocenters. The molecule has 6 nitrogen and oxygen atoms in total. The molecule has 0 unspecified atom stereocenters.